The first-order chi connectivity index (χ1) is 10.9. The monoisotopic (exact) mass is 310 g/mol. The molecule has 4 rings (SSSR count). The molecule has 0 aromatic heterocycles. The van der Waals surface area contributed by atoms with E-state index < -0.39 is 5.60 Å². The minimum absolute atomic E-state index is 0.134. The van der Waals surface area contributed by atoms with E-state index in [1.165, 1.54) is 16.7 Å². The molecule has 0 saturated heterocycles. The highest BCUT2D eigenvalue weighted by atomic mass is 16.3. The van der Waals surface area contributed by atoms with Crippen molar-refractivity contribution in [1.29, 1.82) is 0 Å². The number of aliphatic hydroxyl groups is 1. The number of aromatic hydroxyl groups is 1. The van der Waals surface area contributed by atoms with Gasteiger partial charge in [0.15, 0.2) is 0 Å². The molecule has 0 bridgehead atoms. The molecule has 0 unspecified atom stereocenters. The van der Waals surface area contributed by atoms with Crippen molar-refractivity contribution in [1.82, 2.24) is 0 Å². The number of aryl methyl sites for hydroxylation is 2. The van der Waals surface area contributed by atoms with E-state index in [9.17, 15) is 10.2 Å². The lowest BCUT2D eigenvalue weighted by atomic mass is 9.53. The molecule has 0 aliphatic heterocycles. The Morgan fingerprint density at radius 3 is 2.74 bits per heavy atom. The fourth-order valence-electron chi connectivity index (χ4n) is 6.21. The first-order valence-electron chi connectivity index (χ1n) is 8.92. The summed E-state index contributed by atoms with van der Waals surface area (Å²) in [6.45, 7) is 4.35. The van der Waals surface area contributed by atoms with Crippen LogP contribution in [0.5, 0.6) is 5.75 Å². The van der Waals surface area contributed by atoms with Gasteiger partial charge in [0.25, 0.3) is 0 Å². The van der Waals surface area contributed by atoms with Gasteiger partial charge in [-0.3, -0.25) is 0 Å². The Kier molecular flexibility index (Phi) is 3.13. The topological polar surface area (TPSA) is 40.5 Å². The van der Waals surface area contributed by atoms with Gasteiger partial charge >= 0.3 is 0 Å². The van der Waals surface area contributed by atoms with Crippen molar-refractivity contribution >= 4 is 0 Å². The van der Waals surface area contributed by atoms with Gasteiger partial charge < -0.3 is 10.2 Å². The van der Waals surface area contributed by atoms with Gasteiger partial charge in [-0.15, -0.1) is 6.42 Å². The van der Waals surface area contributed by atoms with Crippen LogP contribution in [-0.2, 0) is 6.42 Å². The predicted molar refractivity (Wildman–Crippen MR) is 91.2 cm³/mol. The number of terminal acetylenes is 1. The largest absolute Gasteiger partial charge is 0.508 e. The zero-order chi connectivity index (χ0) is 16.4. The second kappa shape index (κ2) is 4.77. The summed E-state index contributed by atoms with van der Waals surface area (Å²) in [6.07, 6.45) is 11.8. The van der Waals surface area contributed by atoms with Gasteiger partial charge in [-0.05, 0) is 92.0 Å². The number of rotatable bonds is 0. The lowest BCUT2D eigenvalue weighted by Crippen LogP contribution is -2.50. The highest BCUT2D eigenvalue weighted by molar-refractivity contribution is 5.46. The molecular weight excluding hydrogens is 284 g/mol. The van der Waals surface area contributed by atoms with Crippen molar-refractivity contribution in [2.24, 2.45) is 17.3 Å². The van der Waals surface area contributed by atoms with E-state index >= 15 is 0 Å². The summed E-state index contributed by atoms with van der Waals surface area (Å²) >= 11 is 0. The van der Waals surface area contributed by atoms with Crippen LogP contribution in [-0.4, -0.2) is 15.8 Å². The quantitative estimate of drug-likeness (QED) is 0.713. The summed E-state index contributed by atoms with van der Waals surface area (Å²) in [4.78, 5) is 0. The minimum atomic E-state index is -0.924. The summed E-state index contributed by atoms with van der Waals surface area (Å²) in [6, 6.07) is 3.86. The Morgan fingerprint density at radius 1 is 1.22 bits per heavy atom. The first-order valence-corrected chi connectivity index (χ1v) is 8.92. The van der Waals surface area contributed by atoms with Crippen molar-refractivity contribution in [2.75, 3.05) is 0 Å². The molecule has 2 saturated carbocycles. The van der Waals surface area contributed by atoms with Crippen molar-refractivity contribution in [3.8, 4) is 18.1 Å². The average molecular weight is 310 g/mol. The lowest BCUT2D eigenvalue weighted by Gasteiger charge is -2.52. The van der Waals surface area contributed by atoms with Gasteiger partial charge in [0.2, 0.25) is 0 Å². The van der Waals surface area contributed by atoms with Crippen molar-refractivity contribution in [3.63, 3.8) is 0 Å². The maximum absolute atomic E-state index is 11.0. The number of phenols is 1. The van der Waals surface area contributed by atoms with Gasteiger partial charge in [0.05, 0.1) is 0 Å². The van der Waals surface area contributed by atoms with Crippen LogP contribution in [0.25, 0.3) is 0 Å². The molecule has 122 valence electrons. The molecule has 3 aliphatic carbocycles. The number of benzene rings is 1. The van der Waals surface area contributed by atoms with E-state index in [0.717, 1.165) is 38.5 Å². The fraction of sp³-hybridized carbons (Fsp3) is 0.619. The normalized spacial score (nSPS) is 41.6. The van der Waals surface area contributed by atoms with Crippen LogP contribution in [0.1, 0.15) is 61.6 Å². The standard InChI is InChI=1S/C21H26O2/c1-4-21(23)10-8-18-16-6-5-14-12-15(22)11-13(2)19(14)17(16)7-9-20(18,21)3/h1,11-12,16-18,22-23H,5-10H2,2-3H3/t16-,17+,18+,20+,21+/m1/s1. The highest BCUT2D eigenvalue weighted by Crippen LogP contribution is 2.64. The number of hydrogen-bond acceptors (Lipinski definition) is 2. The number of hydrogen-bond donors (Lipinski definition) is 2. The van der Waals surface area contributed by atoms with Gasteiger partial charge in [0.1, 0.15) is 11.4 Å². The van der Waals surface area contributed by atoms with E-state index in [0.29, 0.717) is 23.5 Å². The van der Waals surface area contributed by atoms with Crippen LogP contribution in [0.3, 0.4) is 0 Å². The van der Waals surface area contributed by atoms with Crippen LogP contribution >= 0.6 is 0 Å². The molecule has 23 heavy (non-hydrogen) atoms. The molecule has 0 spiro atoms. The molecule has 2 heteroatoms. The number of fused-ring (bicyclic) bond motifs is 5. The van der Waals surface area contributed by atoms with Gasteiger partial charge in [-0.25, -0.2) is 0 Å². The summed E-state index contributed by atoms with van der Waals surface area (Å²) in [5.41, 5.74) is 2.97. The second-order valence-corrected chi connectivity index (χ2v) is 8.25. The third kappa shape index (κ3) is 1.86. The zero-order valence-electron chi connectivity index (χ0n) is 14.1. The van der Waals surface area contributed by atoms with Crippen LogP contribution in [0.4, 0.5) is 0 Å². The summed E-state index contributed by atoms with van der Waals surface area (Å²) in [5, 5.41) is 20.9. The second-order valence-electron chi connectivity index (χ2n) is 8.25. The van der Waals surface area contributed by atoms with Crippen molar-refractivity contribution in [2.45, 2.75) is 63.9 Å². The third-order valence-electron chi connectivity index (χ3n) is 7.40. The third-order valence-corrected chi connectivity index (χ3v) is 7.40. The Balaban J connectivity index is 1.75. The smallest absolute Gasteiger partial charge is 0.130 e. The Labute approximate surface area is 138 Å². The highest BCUT2D eigenvalue weighted by Gasteiger charge is 2.61. The van der Waals surface area contributed by atoms with Crippen LogP contribution in [0.15, 0.2) is 12.1 Å². The molecule has 0 amide bonds. The molecule has 2 N–H and O–H groups in total. The SMILES string of the molecule is C#C[C@]1(O)CC[C@H]2[C@@H]3CCc4cc(O)cc(C)c4[C@H]3CC[C@@]21C. The van der Waals surface area contributed by atoms with Gasteiger partial charge in [-0.2, -0.15) is 0 Å². The number of phenolic OH excluding ortho intramolecular Hbond substituents is 1. The van der Waals surface area contributed by atoms with E-state index in [1.807, 2.05) is 12.1 Å². The first kappa shape index (κ1) is 15.1. The molecule has 2 fully saturated rings. The summed E-state index contributed by atoms with van der Waals surface area (Å²) in [7, 11) is 0. The van der Waals surface area contributed by atoms with Crippen LogP contribution < -0.4 is 0 Å². The van der Waals surface area contributed by atoms with Crippen molar-refractivity contribution in [3.05, 3.63) is 28.8 Å². The van der Waals surface area contributed by atoms with E-state index in [1.54, 1.807) is 0 Å². The van der Waals surface area contributed by atoms with E-state index in [-0.39, 0.29) is 5.41 Å². The maximum Gasteiger partial charge on any atom is 0.130 e. The Morgan fingerprint density at radius 2 is 2.00 bits per heavy atom. The maximum atomic E-state index is 11.0. The Hall–Kier alpha value is -1.46. The summed E-state index contributed by atoms with van der Waals surface area (Å²) in [5.74, 6) is 4.83. The van der Waals surface area contributed by atoms with Gasteiger partial charge in [-0.1, -0.05) is 12.8 Å². The molecular formula is C21H26O2. The van der Waals surface area contributed by atoms with Gasteiger partial charge in [0, 0.05) is 5.41 Å². The average Bonchev–Trinajstić information content (AvgIpc) is 2.79. The van der Waals surface area contributed by atoms with Crippen LogP contribution in [0, 0.1) is 36.5 Å². The summed E-state index contributed by atoms with van der Waals surface area (Å²) < 4.78 is 0. The van der Waals surface area contributed by atoms with E-state index in [4.69, 9.17) is 6.42 Å². The molecule has 2 nitrogen and oxygen atoms in total. The molecule has 5 atom stereocenters. The molecule has 0 radical (unpaired) electrons. The Bertz CT molecular complexity index is 701. The molecule has 3 aliphatic rings. The lowest BCUT2D eigenvalue weighted by molar-refractivity contribution is -0.0647. The molecule has 1 aromatic carbocycles. The van der Waals surface area contributed by atoms with Crippen molar-refractivity contribution < 1.29 is 10.2 Å². The molecule has 1 aromatic rings. The van der Waals surface area contributed by atoms with Crippen LogP contribution in [0.2, 0.25) is 0 Å². The fourth-order valence-corrected chi connectivity index (χ4v) is 6.21. The zero-order valence-corrected chi connectivity index (χ0v) is 14.1. The minimum Gasteiger partial charge on any atom is -0.508 e. The van der Waals surface area contributed by atoms with E-state index in [2.05, 4.69) is 19.8 Å². The molecule has 0 heterocycles. The predicted octanol–water partition coefficient (Wildman–Crippen LogP) is 3.92.